The molecule has 0 bridgehead atoms. The summed E-state index contributed by atoms with van der Waals surface area (Å²) in [5.74, 6) is 0. The van der Waals surface area contributed by atoms with E-state index in [0.29, 0.717) is 0 Å². The monoisotopic (exact) mass is 516 g/mol. The third kappa shape index (κ3) is 3.32. The number of allylic oxidation sites excluding steroid dienone is 1. The summed E-state index contributed by atoms with van der Waals surface area (Å²) in [6.45, 7) is 4.43. The smallest absolute Gasteiger partial charge is 0.0963 e. The van der Waals surface area contributed by atoms with E-state index in [1.807, 2.05) is 24.5 Å². The average molecular weight is 517 g/mol. The first-order valence-corrected chi connectivity index (χ1v) is 13.9. The topological polar surface area (TPSA) is 35.6 Å². The van der Waals surface area contributed by atoms with Crippen molar-refractivity contribution < 1.29 is 0 Å². The van der Waals surface area contributed by atoms with Crippen LogP contribution in [0.2, 0.25) is 0 Å². The highest BCUT2D eigenvalue weighted by molar-refractivity contribution is 6.07. The molecule has 0 aliphatic heterocycles. The van der Waals surface area contributed by atoms with Crippen LogP contribution >= 0.6 is 0 Å². The average Bonchev–Trinajstić information content (AvgIpc) is 3.51. The van der Waals surface area contributed by atoms with Gasteiger partial charge >= 0.3 is 0 Å². The van der Waals surface area contributed by atoms with Crippen LogP contribution in [0.25, 0.3) is 61.5 Å². The zero-order valence-corrected chi connectivity index (χ0v) is 22.6. The maximum Gasteiger partial charge on any atom is 0.0963 e. The Kier molecular flexibility index (Phi) is 5.05. The molecule has 0 N–H and O–H groups in total. The molecule has 0 spiro atoms. The summed E-state index contributed by atoms with van der Waals surface area (Å²) in [6.07, 6.45) is 10.4. The predicted molar refractivity (Wildman–Crippen MR) is 165 cm³/mol. The minimum atomic E-state index is 1.04. The molecule has 4 heterocycles. The second-order valence-corrected chi connectivity index (χ2v) is 10.7. The van der Waals surface area contributed by atoms with Crippen LogP contribution in [0.5, 0.6) is 0 Å². The number of benzene rings is 3. The summed E-state index contributed by atoms with van der Waals surface area (Å²) in [4.78, 5) is 9.45. The van der Waals surface area contributed by atoms with E-state index < -0.39 is 0 Å². The molecule has 3 aromatic carbocycles. The van der Waals surface area contributed by atoms with Crippen LogP contribution in [0.4, 0.5) is 0 Å². The lowest BCUT2D eigenvalue weighted by Gasteiger charge is -2.16. The van der Waals surface area contributed by atoms with Gasteiger partial charge in [-0.05, 0) is 110 Å². The number of para-hydroxylation sites is 1. The summed E-state index contributed by atoms with van der Waals surface area (Å²) < 4.78 is 4.70. The Morgan fingerprint density at radius 1 is 0.625 bits per heavy atom. The molecule has 0 fully saturated rings. The van der Waals surface area contributed by atoms with Gasteiger partial charge in [-0.25, -0.2) is 0 Å². The van der Waals surface area contributed by atoms with E-state index in [2.05, 4.69) is 108 Å². The van der Waals surface area contributed by atoms with Crippen molar-refractivity contribution in [2.45, 2.75) is 26.7 Å². The van der Waals surface area contributed by atoms with E-state index in [1.54, 1.807) is 0 Å². The molecule has 8 rings (SSSR count). The fraction of sp³-hybridized carbons (Fsp3) is 0.111. The number of hydrogen-bond acceptors (Lipinski definition) is 2. The SMILES string of the molecule is Cc1cc(-n2c3c(c4ncccc42)CCC=C3)ccc1-c1ccc(-n2c3ccccc3c3ncccc32)cc1C. The van der Waals surface area contributed by atoms with Gasteiger partial charge in [0.1, 0.15) is 0 Å². The Labute approximate surface area is 232 Å². The van der Waals surface area contributed by atoms with Gasteiger partial charge < -0.3 is 9.13 Å². The first-order chi connectivity index (χ1) is 19.7. The van der Waals surface area contributed by atoms with Crippen molar-refractivity contribution in [2.75, 3.05) is 0 Å². The molecule has 4 heteroatoms. The quantitative estimate of drug-likeness (QED) is 0.235. The molecule has 0 amide bonds. The highest BCUT2D eigenvalue weighted by Crippen LogP contribution is 2.36. The maximum atomic E-state index is 4.75. The highest BCUT2D eigenvalue weighted by atomic mass is 15.0. The van der Waals surface area contributed by atoms with Crippen molar-refractivity contribution in [3.63, 3.8) is 0 Å². The van der Waals surface area contributed by atoms with Gasteiger partial charge in [0.25, 0.3) is 0 Å². The van der Waals surface area contributed by atoms with Gasteiger partial charge in [0.05, 0.1) is 33.3 Å². The third-order valence-electron chi connectivity index (χ3n) is 8.35. The lowest BCUT2D eigenvalue weighted by molar-refractivity contribution is 0.965. The molecule has 0 unspecified atom stereocenters. The Balaban J connectivity index is 1.24. The van der Waals surface area contributed by atoms with E-state index in [4.69, 9.17) is 9.97 Å². The number of fused-ring (bicyclic) bond motifs is 6. The van der Waals surface area contributed by atoms with Crippen molar-refractivity contribution >= 4 is 39.0 Å². The van der Waals surface area contributed by atoms with E-state index in [9.17, 15) is 0 Å². The summed E-state index contributed by atoms with van der Waals surface area (Å²) in [6, 6.07) is 30.6. The molecule has 40 heavy (non-hydrogen) atoms. The fourth-order valence-corrected chi connectivity index (χ4v) is 6.56. The van der Waals surface area contributed by atoms with Crippen molar-refractivity contribution in [1.29, 1.82) is 0 Å². The van der Waals surface area contributed by atoms with Crippen LogP contribution in [-0.2, 0) is 6.42 Å². The van der Waals surface area contributed by atoms with Crippen LogP contribution < -0.4 is 0 Å². The molecule has 192 valence electrons. The second-order valence-electron chi connectivity index (χ2n) is 10.7. The second kappa shape index (κ2) is 8.78. The first kappa shape index (κ1) is 23.0. The van der Waals surface area contributed by atoms with Gasteiger partial charge in [-0.1, -0.05) is 36.4 Å². The minimum Gasteiger partial charge on any atom is -0.308 e. The molecular weight excluding hydrogens is 488 g/mol. The lowest BCUT2D eigenvalue weighted by Crippen LogP contribution is -2.01. The molecule has 1 aliphatic rings. The number of hydrogen-bond donors (Lipinski definition) is 0. The molecule has 1 aliphatic carbocycles. The Morgan fingerprint density at radius 3 is 1.98 bits per heavy atom. The normalized spacial score (nSPS) is 12.9. The minimum absolute atomic E-state index is 1.04. The zero-order valence-electron chi connectivity index (χ0n) is 22.6. The molecule has 7 aromatic rings. The zero-order chi connectivity index (χ0) is 26.8. The predicted octanol–water partition coefficient (Wildman–Crippen LogP) is 8.76. The Bertz CT molecular complexity index is 2090. The van der Waals surface area contributed by atoms with E-state index in [0.717, 1.165) is 35.1 Å². The Morgan fingerprint density at radius 2 is 1.25 bits per heavy atom. The molecule has 0 radical (unpaired) electrons. The van der Waals surface area contributed by atoms with Crippen molar-refractivity contribution in [3.05, 3.63) is 126 Å². The molecular formula is C36H28N4. The van der Waals surface area contributed by atoms with Crippen LogP contribution in [0.3, 0.4) is 0 Å². The van der Waals surface area contributed by atoms with Crippen molar-refractivity contribution in [3.8, 4) is 22.5 Å². The van der Waals surface area contributed by atoms with E-state index in [-0.39, 0.29) is 0 Å². The van der Waals surface area contributed by atoms with Gasteiger partial charge in [-0.15, -0.1) is 0 Å². The largest absolute Gasteiger partial charge is 0.308 e. The van der Waals surface area contributed by atoms with Crippen molar-refractivity contribution in [2.24, 2.45) is 0 Å². The molecule has 0 saturated heterocycles. The highest BCUT2D eigenvalue weighted by Gasteiger charge is 2.20. The van der Waals surface area contributed by atoms with Crippen molar-refractivity contribution in [1.82, 2.24) is 19.1 Å². The van der Waals surface area contributed by atoms with Crippen LogP contribution in [0.15, 0.2) is 103 Å². The molecule has 4 aromatic heterocycles. The number of rotatable bonds is 3. The molecule has 0 saturated carbocycles. The number of aromatic nitrogens is 4. The standard InChI is InChI=1S/C36H28N4/c1-23-21-25(39-31-11-5-3-9-29(31)35-33(39)13-7-19-37-35)15-17-27(23)28-18-16-26(22-24(28)2)40-32-12-6-4-10-30(32)36-34(40)14-8-20-38-36/h3,5-9,11-22H,4,10H2,1-2H3. The molecule has 4 nitrogen and oxygen atoms in total. The summed E-state index contributed by atoms with van der Waals surface area (Å²) in [5, 5.41) is 1.18. The fourth-order valence-electron chi connectivity index (χ4n) is 6.56. The number of nitrogens with zero attached hydrogens (tertiary/aromatic N) is 4. The van der Waals surface area contributed by atoms with Crippen LogP contribution in [0.1, 0.15) is 28.8 Å². The van der Waals surface area contributed by atoms with Crippen LogP contribution in [-0.4, -0.2) is 19.1 Å². The van der Waals surface area contributed by atoms with Crippen LogP contribution in [0, 0.1) is 13.8 Å². The third-order valence-corrected chi connectivity index (χ3v) is 8.35. The number of pyridine rings is 2. The maximum absolute atomic E-state index is 4.75. The first-order valence-electron chi connectivity index (χ1n) is 13.9. The summed E-state index contributed by atoms with van der Waals surface area (Å²) in [7, 11) is 0. The summed E-state index contributed by atoms with van der Waals surface area (Å²) >= 11 is 0. The summed E-state index contributed by atoms with van der Waals surface area (Å²) in [5.41, 5.74) is 15.6. The van der Waals surface area contributed by atoms with Gasteiger partial charge in [0.2, 0.25) is 0 Å². The van der Waals surface area contributed by atoms with Gasteiger partial charge in [0.15, 0.2) is 0 Å². The lowest BCUT2D eigenvalue weighted by atomic mass is 9.95. The van der Waals surface area contributed by atoms with E-state index in [1.165, 1.54) is 55.6 Å². The Hall–Kier alpha value is -4.96. The van der Waals surface area contributed by atoms with Gasteiger partial charge in [-0.3, -0.25) is 9.97 Å². The number of aryl methyl sites for hydroxylation is 3. The van der Waals surface area contributed by atoms with Gasteiger partial charge in [0, 0.05) is 34.7 Å². The van der Waals surface area contributed by atoms with Gasteiger partial charge in [-0.2, -0.15) is 0 Å². The molecule has 0 atom stereocenters. The van der Waals surface area contributed by atoms with E-state index >= 15 is 0 Å².